The fourth-order valence-corrected chi connectivity index (χ4v) is 4.43. The average Bonchev–Trinajstić information content (AvgIpc) is 3.25. The Morgan fingerprint density at radius 2 is 2.25 bits per heavy atom. The van der Waals surface area contributed by atoms with Crippen LogP contribution < -0.4 is 0 Å². The van der Waals surface area contributed by atoms with Gasteiger partial charge in [0.2, 0.25) is 0 Å². The molecule has 24 heavy (non-hydrogen) atoms. The number of aromatic nitrogens is 1. The minimum Gasteiger partial charge on any atom is -0.382 e. The highest BCUT2D eigenvalue weighted by atomic mass is 32.1. The molecule has 0 aromatic carbocycles. The lowest BCUT2D eigenvalue weighted by atomic mass is 9.79. The van der Waals surface area contributed by atoms with Gasteiger partial charge < -0.3 is 4.74 Å². The SMILES string of the molecule is CCOCC[C@]1(CCc2cccs2)CCN(Cc2cccnc2)C1. The molecule has 130 valence electrons. The molecule has 1 aliphatic rings. The molecule has 2 aromatic heterocycles. The van der Waals surface area contributed by atoms with Gasteiger partial charge in [-0.1, -0.05) is 12.1 Å². The molecule has 0 aliphatic carbocycles. The summed E-state index contributed by atoms with van der Waals surface area (Å²) < 4.78 is 5.69. The summed E-state index contributed by atoms with van der Waals surface area (Å²) in [5, 5.41) is 2.19. The number of pyridine rings is 1. The Kier molecular flexibility index (Phi) is 6.41. The van der Waals surface area contributed by atoms with Crippen LogP contribution in [-0.4, -0.2) is 36.2 Å². The molecule has 2 aromatic rings. The van der Waals surface area contributed by atoms with Gasteiger partial charge in [0.1, 0.15) is 0 Å². The summed E-state index contributed by atoms with van der Waals surface area (Å²) in [6, 6.07) is 8.64. The summed E-state index contributed by atoms with van der Waals surface area (Å²) in [7, 11) is 0. The van der Waals surface area contributed by atoms with Gasteiger partial charge in [0.15, 0.2) is 0 Å². The number of likely N-dealkylation sites (tertiary alicyclic amines) is 1. The van der Waals surface area contributed by atoms with Crippen molar-refractivity contribution in [3.8, 4) is 0 Å². The van der Waals surface area contributed by atoms with Crippen LogP contribution in [0.5, 0.6) is 0 Å². The summed E-state index contributed by atoms with van der Waals surface area (Å²) in [5.74, 6) is 0. The van der Waals surface area contributed by atoms with Crippen LogP contribution in [-0.2, 0) is 17.7 Å². The van der Waals surface area contributed by atoms with E-state index in [1.807, 2.05) is 29.8 Å². The van der Waals surface area contributed by atoms with E-state index in [1.54, 1.807) is 0 Å². The Labute approximate surface area is 149 Å². The molecule has 3 heterocycles. The number of thiophene rings is 1. The first-order chi connectivity index (χ1) is 11.8. The van der Waals surface area contributed by atoms with Gasteiger partial charge in [-0.15, -0.1) is 11.3 Å². The predicted molar refractivity (Wildman–Crippen MR) is 100 cm³/mol. The van der Waals surface area contributed by atoms with Crippen LogP contribution >= 0.6 is 11.3 Å². The summed E-state index contributed by atoms with van der Waals surface area (Å²) in [5.41, 5.74) is 1.72. The van der Waals surface area contributed by atoms with Gasteiger partial charge in [-0.3, -0.25) is 9.88 Å². The molecule has 4 heteroatoms. The summed E-state index contributed by atoms with van der Waals surface area (Å²) in [6.07, 6.45) is 8.77. The molecule has 0 bridgehead atoms. The molecule has 1 saturated heterocycles. The molecular formula is C20H28N2OS. The van der Waals surface area contributed by atoms with Gasteiger partial charge in [-0.25, -0.2) is 0 Å². The van der Waals surface area contributed by atoms with Crippen molar-refractivity contribution < 1.29 is 4.74 Å². The maximum Gasteiger partial charge on any atom is 0.0471 e. The van der Waals surface area contributed by atoms with E-state index >= 15 is 0 Å². The van der Waals surface area contributed by atoms with E-state index in [-0.39, 0.29) is 0 Å². The van der Waals surface area contributed by atoms with E-state index in [0.29, 0.717) is 5.41 Å². The first kappa shape index (κ1) is 17.6. The number of ether oxygens (including phenoxy) is 1. The van der Waals surface area contributed by atoms with Gasteiger partial charge >= 0.3 is 0 Å². The summed E-state index contributed by atoms with van der Waals surface area (Å²) in [4.78, 5) is 8.35. The number of hydrogen-bond acceptors (Lipinski definition) is 4. The predicted octanol–water partition coefficient (Wildman–Crippen LogP) is 4.39. The van der Waals surface area contributed by atoms with E-state index in [0.717, 1.165) is 19.8 Å². The molecule has 3 rings (SSSR count). The monoisotopic (exact) mass is 344 g/mol. The van der Waals surface area contributed by atoms with Crippen molar-refractivity contribution in [1.82, 2.24) is 9.88 Å². The maximum atomic E-state index is 5.69. The van der Waals surface area contributed by atoms with Crippen LogP contribution in [0.2, 0.25) is 0 Å². The molecule has 0 amide bonds. The van der Waals surface area contributed by atoms with E-state index in [9.17, 15) is 0 Å². The van der Waals surface area contributed by atoms with Crippen LogP contribution in [0.3, 0.4) is 0 Å². The Morgan fingerprint density at radius 3 is 3.00 bits per heavy atom. The zero-order chi connectivity index (χ0) is 16.7. The maximum absolute atomic E-state index is 5.69. The second-order valence-corrected chi connectivity index (χ2v) is 7.88. The first-order valence-electron chi connectivity index (χ1n) is 9.01. The molecule has 0 N–H and O–H groups in total. The van der Waals surface area contributed by atoms with Crippen LogP contribution in [0.4, 0.5) is 0 Å². The van der Waals surface area contributed by atoms with Crippen LogP contribution in [0.1, 0.15) is 36.6 Å². The second kappa shape index (κ2) is 8.75. The van der Waals surface area contributed by atoms with Crippen molar-refractivity contribution in [2.45, 2.75) is 39.2 Å². The van der Waals surface area contributed by atoms with E-state index in [1.165, 1.54) is 49.2 Å². The fraction of sp³-hybridized carbons (Fsp3) is 0.550. The average molecular weight is 345 g/mol. The van der Waals surface area contributed by atoms with Crippen molar-refractivity contribution in [2.24, 2.45) is 5.41 Å². The molecule has 0 unspecified atom stereocenters. The van der Waals surface area contributed by atoms with Gasteiger partial charge in [0.05, 0.1) is 0 Å². The molecule has 0 spiro atoms. The largest absolute Gasteiger partial charge is 0.382 e. The highest BCUT2D eigenvalue weighted by molar-refractivity contribution is 7.09. The molecule has 1 fully saturated rings. The first-order valence-corrected chi connectivity index (χ1v) is 9.89. The summed E-state index contributed by atoms with van der Waals surface area (Å²) in [6.45, 7) is 7.18. The number of nitrogens with zero attached hydrogens (tertiary/aromatic N) is 2. The van der Waals surface area contributed by atoms with Crippen LogP contribution in [0.25, 0.3) is 0 Å². The van der Waals surface area contributed by atoms with Crippen molar-refractivity contribution in [1.29, 1.82) is 0 Å². The van der Waals surface area contributed by atoms with E-state index in [2.05, 4.69) is 40.4 Å². The molecule has 0 radical (unpaired) electrons. The number of aryl methyl sites for hydroxylation is 1. The van der Waals surface area contributed by atoms with E-state index in [4.69, 9.17) is 4.74 Å². The lowest BCUT2D eigenvalue weighted by Gasteiger charge is -2.29. The zero-order valence-corrected chi connectivity index (χ0v) is 15.4. The third-order valence-electron chi connectivity index (χ3n) is 5.11. The minimum atomic E-state index is 0.404. The normalized spacial score (nSPS) is 21.4. The van der Waals surface area contributed by atoms with Gasteiger partial charge in [-0.05, 0) is 67.6 Å². The lowest BCUT2D eigenvalue weighted by Crippen LogP contribution is -2.29. The van der Waals surface area contributed by atoms with Gasteiger partial charge in [-0.2, -0.15) is 0 Å². The Morgan fingerprint density at radius 1 is 1.29 bits per heavy atom. The minimum absolute atomic E-state index is 0.404. The van der Waals surface area contributed by atoms with Gasteiger partial charge in [0, 0.05) is 43.6 Å². The Bertz CT molecular complexity index is 587. The third-order valence-corrected chi connectivity index (χ3v) is 6.05. The van der Waals surface area contributed by atoms with Crippen molar-refractivity contribution in [3.63, 3.8) is 0 Å². The highest BCUT2D eigenvalue weighted by Gasteiger charge is 2.37. The zero-order valence-electron chi connectivity index (χ0n) is 14.6. The smallest absolute Gasteiger partial charge is 0.0471 e. The topological polar surface area (TPSA) is 25.4 Å². The molecule has 1 atom stereocenters. The quantitative estimate of drug-likeness (QED) is 0.631. The van der Waals surface area contributed by atoms with Gasteiger partial charge in [0.25, 0.3) is 0 Å². The van der Waals surface area contributed by atoms with Crippen LogP contribution in [0.15, 0.2) is 42.0 Å². The van der Waals surface area contributed by atoms with Crippen molar-refractivity contribution in [3.05, 3.63) is 52.5 Å². The Hall–Kier alpha value is -1.23. The highest BCUT2D eigenvalue weighted by Crippen LogP contribution is 2.39. The number of hydrogen-bond donors (Lipinski definition) is 0. The third kappa shape index (κ3) is 4.88. The van der Waals surface area contributed by atoms with E-state index < -0.39 is 0 Å². The van der Waals surface area contributed by atoms with Crippen molar-refractivity contribution >= 4 is 11.3 Å². The van der Waals surface area contributed by atoms with Crippen LogP contribution in [0, 0.1) is 5.41 Å². The second-order valence-electron chi connectivity index (χ2n) is 6.85. The summed E-state index contributed by atoms with van der Waals surface area (Å²) >= 11 is 1.88. The fourth-order valence-electron chi connectivity index (χ4n) is 3.72. The molecule has 0 saturated carbocycles. The Balaban J connectivity index is 1.59. The lowest BCUT2D eigenvalue weighted by molar-refractivity contribution is 0.0989. The molecule has 1 aliphatic heterocycles. The molecular weight excluding hydrogens is 316 g/mol. The number of rotatable bonds is 9. The van der Waals surface area contributed by atoms with Crippen molar-refractivity contribution in [2.75, 3.05) is 26.3 Å². The molecule has 3 nitrogen and oxygen atoms in total. The standard InChI is InChI=1S/C20H28N2OS/c1-2-23-13-10-20(8-7-19-6-4-14-24-19)9-12-22(17-20)16-18-5-3-11-21-15-18/h3-6,11,14-15H,2,7-10,12-13,16-17H2,1H3/t20-/m0/s1.